The first-order valence-corrected chi connectivity index (χ1v) is 5.53. The first kappa shape index (κ1) is 11.5. The Bertz CT molecular complexity index is 296. The molecule has 0 saturated carbocycles. The van der Waals surface area contributed by atoms with Crippen LogP contribution in [0.5, 0.6) is 0 Å². The average molecular weight is 212 g/mol. The van der Waals surface area contributed by atoms with Crippen LogP contribution in [-0.2, 0) is 0 Å². The summed E-state index contributed by atoms with van der Waals surface area (Å²) in [6.07, 6.45) is 2.16. The van der Waals surface area contributed by atoms with Gasteiger partial charge in [-0.15, -0.1) is 0 Å². The van der Waals surface area contributed by atoms with Crippen LogP contribution in [-0.4, -0.2) is 6.54 Å². The summed E-state index contributed by atoms with van der Waals surface area (Å²) in [4.78, 5) is 0. The molecule has 0 bridgehead atoms. The molecular weight excluding hydrogens is 194 g/mol. The molecule has 2 N–H and O–H groups in total. The van der Waals surface area contributed by atoms with Crippen molar-refractivity contribution in [2.75, 3.05) is 6.54 Å². The highest BCUT2D eigenvalue weighted by Gasteiger charge is 2.09. The van der Waals surface area contributed by atoms with Gasteiger partial charge in [-0.05, 0) is 49.4 Å². The summed E-state index contributed by atoms with van der Waals surface area (Å²) < 4.78 is 0. The van der Waals surface area contributed by atoms with Crippen LogP contribution in [0.15, 0.2) is 18.2 Å². The lowest BCUT2D eigenvalue weighted by molar-refractivity contribution is 0.614. The molecule has 0 aliphatic rings. The maximum atomic E-state index is 6.08. The van der Waals surface area contributed by atoms with Gasteiger partial charge in [0.25, 0.3) is 0 Å². The monoisotopic (exact) mass is 211 g/mol. The molecule has 0 saturated heterocycles. The van der Waals surface area contributed by atoms with Crippen LogP contribution in [0.4, 0.5) is 0 Å². The SMILES string of the molecule is CCC(CCN)c1ccc(C)c(Cl)c1. The predicted molar refractivity (Wildman–Crippen MR) is 62.9 cm³/mol. The zero-order chi connectivity index (χ0) is 10.6. The van der Waals surface area contributed by atoms with E-state index in [1.165, 1.54) is 5.56 Å². The lowest BCUT2D eigenvalue weighted by atomic mass is 9.93. The predicted octanol–water partition coefficient (Wildman–Crippen LogP) is 3.49. The van der Waals surface area contributed by atoms with Gasteiger partial charge in [-0.1, -0.05) is 30.7 Å². The van der Waals surface area contributed by atoms with E-state index in [9.17, 15) is 0 Å². The van der Waals surface area contributed by atoms with Crippen molar-refractivity contribution in [1.82, 2.24) is 0 Å². The Morgan fingerprint density at radius 1 is 1.43 bits per heavy atom. The minimum Gasteiger partial charge on any atom is -0.330 e. The molecular formula is C12H18ClN. The Morgan fingerprint density at radius 3 is 2.64 bits per heavy atom. The molecule has 1 nitrogen and oxygen atoms in total. The fourth-order valence-electron chi connectivity index (χ4n) is 1.67. The smallest absolute Gasteiger partial charge is 0.0438 e. The van der Waals surface area contributed by atoms with Crippen molar-refractivity contribution in [3.63, 3.8) is 0 Å². The van der Waals surface area contributed by atoms with E-state index in [1.54, 1.807) is 0 Å². The molecule has 1 aromatic rings. The second kappa shape index (κ2) is 5.38. The van der Waals surface area contributed by atoms with Crippen molar-refractivity contribution in [1.29, 1.82) is 0 Å². The third-order valence-corrected chi connectivity index (χ3v) is 3.08. The molecule has 78 valence electrons. The summed E-state index contributed by atoms with van der Waals surface area (Å²) in [6.45, 7) is 4.95. The molecule has 1 unspecified atom stereocenters. The highest BCUT2D eigenvalue weighted by Crippen LogP contribution is 2.26. The van der Waals surface area contributed by atoms with Crippen molar-refractivity contribution in [3.05, 3.63) is 34.3 Å². The lowest BCUT2D eigenvalue weighted by Crippen LogP contribution is -2.06. The van der Waals surface area contributed by atoms with E-state index in [1.807, 2.05) is 6.92 Å². The molecule has 2 heteroatoms. The van der Waals surface area contributed by atoms with Crippen molar-refractivity contribution in [2.24, 2.45) is 5.73 Å². The van der Waals surface area contributed by atoms with Gasteiger partial charge in [0.1, 0.15) is 0 Å². The topological polar surface area (TPSA) is 26.0 Å². The summed E-state index contributed by atoms with van der Waals surface area (Å²) in [6, 6.07) is 6.31. The summed E-state index contributed by atoms with van der Waals surface area (Å²) in [7, 11) is 0. The van der Waals surface area contributed by atoms with E-state index < -0.39 is 0 Å². The van der Waals surface area contributed by atoms with E-state index >= 15 is 0 Å². The fourth-order valence-corrected chi connectivity index (χ4v) is 1.86. The number of hydrogen-bond acceptors (Lipinski definition) is 1. The standard InChI is InChI=1S/C12H18ClN/c1-3-10(6-7-14)11-5-4-9(2)12(13)8-11/h4-5,8,10H,3,6-7,14H2,1-2H3. The largest absolute Gasteiger partial charge is 0.330 e. The van der Waals surface area contributed by atoms with Gasteiger partial charge in [-0.3, -0.25) is 0 Å². The summed E-state index contributed by atoms with van der Waals surface area (Å²) in [5, 5.41) is 0.859. The Kier molecular flexibility index (Phi) is 4.43. The van der Waals surface area contributed by atoms with E-state index in [4.69, 9.17) is 17.3 Å². The summed E-state index contributed by atoms with van der Waals surface area (Å²) in [5.74, 6) is 0.554. The van der Waals surface area contributed by atoms with Crippen molar-refractivity contribution in [2.45, 2.75) is 32.6 Å². The van der Waals surface area contributed by atoms with Crippen LogP contribution < -0.4 is 5.73 Å². The van der Waals surface area contributed by atoms with Gasteiger partial charge >= 0.3 is 0 Å². The first-order chi connectivity index (χ1) is 6.69. The number of aryl methyl sites for hydroxylation is 1. The fraction of sp³-hybridized carbons (Fsp3) is 0.500. The molecule has 1 rings (SSSR count). The Balaban J connectivity index is 2.88. The second-order valence-electron chi connectivity index (χ2n) is 3.69. The maximum absolute atomic E-state index is 6.08. The Morgan fingerprint density at radius 2 is 2.14 bits per heavy atom. The number of rotatable bonds is 4. The molecule has 14 heavy (non-hydrogen) atoms. The van der Waals surface area contributed by atoms with Crippen LogP contribution in [0, 0.1) is 6.92 Å². The van der Waals surface area contributed by atoms with Crippen LogP contribution >= 0.6 is 11.6 Å². The third-order valence-electron chi connectivity index (χ3n) is 2.68. The Labute approximate surface area is 91.3 Å². The number of hydrogen-bond donors (Lipinski definition) is 1. The van der Waals surface area contributed by atoms with E-state index in [2.05, 4.69) is 25.1 Å². The molecule has 1 aromatic carbocycles. The van der Waals surface area contributed by atoms with Crippen LogP contribution in [0.1, 0.15) is 36.8 Å². The van der Waals surface area contributed by atoms with Crippen LogP contribution in [0.25, 0.3) is 0 Å². The normalized spacial score (nSPS) is 12.9. The van der Waals surface area contributed by atoms with Gasteiger partial charge < -0.3 is 5.73 Å². The Hall–Kier alpha value is -0.530. The first-order valence-electron chi connectivity index (χ1n) is 5.15. The van der Waals surface area contributed by atoms with Gasteiger partial charge in [0.2, 0.25) is 0 Å². The highest BCUT2D eigenvalue weighted by atomic mass is 35.5. The second-order valence-corrected chi connectivity index (χ2v) is 4.10. The van der Waals surface area contributed by atoms with Crippen molar-refractivity contribution < 1.29 is 0 Å². The van der Waals surface area contributed by atoms with Gasteiger partial charge in [-0.25, -0.2) is 0 Å². The lowest BCUT2D eigenvalue weighted by Gasteiger charge is -2.14. The van der Waals surface area contributed by atoms with Gasteiger partial charge in [-0.2, -0.15) is 0 Å². The van der Waals surface area contributed by atoms with Gasteiger partial charge in [0, 0.05) is 5.02 Å². The molecule has 0 amide bonds. The van der Waals surface area contributed by atoms with E-state index in [0.29, 0.717) is 5.92 Å². The quantitative estimate of drug-likeness (QED) is 0.811. The zero-order valence-corrected chi connectivity index (χ0v) is 9.64. The van der Waals surface area contributed by atoms with Crippen LogP contribution in [0.2, 0.25) is 5.02 Å². The maximum Gasteiger partial charge on any atom is 0.0438 e. The molecule has 1 atom stereocenters. The molecule has 0 aromatic heterocycles. The minimum absolute atomic E-state index is 0.554. The molecule has 0 radical (unpaired) electrons. The molecule has 0 spiro atoms. The van der Waals surface area contributed by atoms with Gasteiger partial charge in [0.15, 0.2) is 0 Å². The average Bonchev–Trinajstić information content (AvgIpc) is 2.19. The molecule has 0 aliphatic carbocycles. The van der Waals surface area contributed by atoms with Crippen molar-refractivity contribution >= 4 is 11.6 Å². The van der Waals surface area contributed by atoms with Crippen molar-refractivity contribution in [3.8, 4) is 0 Å². The summed E-state index contributed by atoms with van der Waals surface area (Å²) in [5.41, 5.74) is 8.03. The number of halogens is 1. The molecule has 0 fully saturated rings. The van der Waals surface area contributed by atoms with E-state index in [0.717, 1.165) is 30.0 Å². The molecule has 0 aliphatic heterocycles. The van der Waals surface area contributed by atoms with E-state index in [-0.39, 0.29) is 0 Å². The molecule has 0 heterocycles. The number of benzene rings is 1. The number of nitrogens with two attached hydrogens (primary N) is 1. The van der Waals surface area contributed by atoms with Crippen LogP contribution in [0.3, 0.4) is 0 Å². The minimum atomic E-state index is 0.554. The zero-order valence-electron chi connectivity index (χ0n) is 8.89. The van der Waals surface area contributed by atoms with Gasteiger partial charge in [0.05, 0.1) is 0 Å². The third kappa shape index (κ3) is 2.73. The highest BCUT2D eigenvalue weighted by molar-refractivity contribution is 6.31. The summed E-state index contributed by atoms with van der Waals surface area (Å²) >= 11 is 6.08.